The highest BCUT2D eigenvalue weighted by Crippen LogP contribution is 2.29. The van der Waals surface area contributed by atoms with Crippen molar-refractivity contribution in [2.75, 3.05) is 23.3 Å². The molecular formula is C20H22F3N7O. The van der Waals surface area contributed by atoms with Crippen molar-refractivity contribution in [2.45, 2.75) is 38.4 Å². The Balaban J connectivity index is 1.55. The summed E-state index contributed by atoms with van der Waals surface area (Å²) in [5.41, 5.74) is 1.22. The van der Waals surface area contributed by atoms with Crippen LogP contribution in [-0.4, -0.2) is 44.7 Å². The molecule has 31 heavy (non-hydrogen) atoms. The fourth-order valence-corrected chi connectivity index (χ4v) is 3.71. The summed E-state index contributed by atoms with van der Waals surface area (Å²) in [6.07, 6.45) is -2.02. The minimum absolute atomic E-state index is 0.0959. The molecule has 0 spiro atoms. The first-order valence-electron chi connectivity index (χ1n) is 9.99. The van der Waals surface area contributed by atoms with E-state index in [4.69, 9.17) is 0 Å². The van der Waals surface area contributed by atoms with Gasteiger partial charge < -0.3 is 15.5 Å². The molecule has 1 aromatic carbocycles. The minimum atomic E-state index is -4.66. The lowest BCUT2D eigenvalue weighted by molar-refractivity contribution is -0.144. The van der Waals surface area contributed by atoms with E-state index < -0.39 is 12.0 Å². The zero-order valence-electron chi connectivity index (χ0n) is 16.9. The first kappa shape index (κ1) is 20.9. The first-order chi connectivity index (χ1) is 14.8. The number of anilines is 2. The fourth-order valence-electron chi connectivity index (χ4n) is 3.71. The number of carbonyl (C=O) groups excluding carboxylic acids is 1. The fraction of sp³-hybridized carbons (Fsp3) is 0.400. The Morgan fingerprint density at radius 3 is 2.71 bits per heavy atom. The summed E-state index contributed by atoms with van der Waals surface area (Å²) in [5, 5.41) is 9.29. The molecule has 0 saturated carbocycles. The van der Waals surface area contributed by atoms with Gasteiger partial charge in [0.25, 0.3) is 11.6 Å². The molecule has 164 valence electrons. The summed E-state index contributed by atoms with van der Waals surface area (Å²) < 4.78 is 40.5. The molecule has 1 saturated heterocycles. The summed E-state index contributed by atoms with van der Waals surface area (Å²) in [7, 11) is 0. The monoisotopic (exact) mass is 433 g/mol. The molecule has 0 aliphatic carbocycles. The predicted octanol–water partition coefficient (Wildman–Crippen LogP) is 3.63. The summed E-state index contributed by atoms with van der Waals surface area (Å²) in [6, 6.07) is 10.3. The third-order valence-corrected chi connectivity index (χ3v) is 5.13. The number of nitrogens with zero attached hydrogens (tertiary/aromatic N) is 5. The van der Waals surface area contributed by atoms with Crippen LogP contribution in [-0.2, 0) is 6.18 Å². The zero-order valence-corrected chi connectivity index (χ0v) is 16.9. The highest BCUT2D eigenvalue weighted by molar-refractivity contribution is 5.89. The van der Waals surface area contributed by atoms with E-state index in [1.807, 2.05) is 23.1 Å². The molecule has 1 aliphatic heterocycles. The van der Waals surface area contributed by atoms with Gasteiger partial charge in [0, 0.05) is 36.6 Å². The minimum Gasteiger partial charge on any atom is -0.352 e. The Hall–Kier alpha value is -3.37. The van der Waals surface area contributed by atoms with Crippen LogP contribution < -0.4 is 15.5 Å². The summed E-state index contributed by atoms with van der Waals surface area (Å²) in [6.45, 7) is 2.67. The van der Waals surface area contributed by atoms with Crippen molar-refractivity contribution < 1.29 is 18.0 Å². The van der Waals surface area contributed by atoms with Gasteiger partial charge in [0.1, 0.15) is 5.82 Å². The van der Waals surface area contributed by atoms with Crippen molar-refractivity contribution in [2.24, 2.45) is 0 Å². The largest absolute Gasteiger partial charge is 0.453 e. The SMILES string of the molecule is Cc1cc(N2CCCCC2CNC(=O)Nc2ccccc2)n2nc(C(F)(F)F)nc2n1. The second-order valence-corrected chi connectivity index (χ2v) is 7.44. The molecule has 11 heteroatoms. The van der Waals surface area contributed by atoms with Crippen LogP contribution in [0, 0.1) is 6.92 Å². The van der Waals surface area contributed by atoms with Crippen LogP contribution in [0.15, 0.2) is 36.4 Å². The topological polar surface area (TPSA) is 87.5 Å². The molecule has 3 aromatic rings. The lowest BCUT2D eigenvalue weighted by atomic mass is 10.0. The molecule has 0 radical (unpaired) electrons. The van der Waals surface area contributed by atoms with Crippen LogP contribution >= 0.6 is 0 Å². The van der Waals surface area contributed by atoms with Gasteiger partial charge in [0.15, 0.2) is 0 Å². The molecule has 8 nitrogen and oxygen atoms in total. The van der Waals surface area contributed by atoms with Crippen molar-refractivity contribution in [1.29, 1.82) is 0 Å². The number of carbonyl (C=O) groups is 1. The number of amides is 2. The van der Waals surface area contributed by atoms with E-state index >= 15 is 0 Å². The summed E-state index contributed by atoms with van der Waals surface area (Å²) in [4.78, 5) is 21.9. The van der Waals surface area contributed by atoms with E-state index in [9.17, 15) is 18.0 Å². The Morgan fingerprint density at radius 1 is 1.19 bits per heavy atom. The molecule has 1 fully saturated rings. The molecule has 3 heterocycles. The van der Waals surface area contributed by atoms with Gasteiger partial charge in [-0.15, -0.1) is 5.10 Å². The Morgan fingerprint density at radius 2 is 1.97 bits per heavy atom. The van der Waals surface area contributed by atoms with Gasteiger partial charge in [-0.05, 0) is 38.3 Å². The summed E-state index contributed by atoms with van der Waals surface area (Å²) >= 11 is 0. The number of hydrogen-bond acceptors (Lipinski definition) is 5. The van der Waals surface area contributed by atoms with Crippen molar-refractivity contribution in [1.82, 2.24) is 24.9 Å². The Labute approximate surface area is 176 Å². The number of urea groups is 1. The second kappa shape index (κ2) is 8.40. The molecule has 2 N–H and O–H groups in total. The number of fused-ring (bicyclic) bond motifs is 1. The summed E-state index contributed by atoms with van der Waals surface area (Å²) in [5.74, 6) is -0.831. The number of alkyl halides is 3. The first-order valence-corrected chi connectivity index (χ1v) is 9.99. The third-order valence-electron chi connectivity index (χ3n) is 5.13. The molecule has 1 atom stereocenters. The molecule has 0 bridgehead atoms. The predicted molar refractivity (Wildman–Crippen MR) is 109 cm³/mol. The Kier molecular flexibility index (Phi) is 5.66. The molecule has 2 aromatic heterocycles. The van der Waals surface area contributed by atoms with Gasteiger partial charge >= 0.3 is 12.2 Å². The van der Waals surface area contributed by atoms with Crippen molar-refractivity contribution >= 4 is 23.3 Å². The number of halogens is 3. The highest BCUT2D eigenvalue weighted by Gasteiger charge is 2.37. The molecule has 4 rings (SSSR count). The van der Waals surface area contributed by atoms with E-state index in [1.165, 1.54) is 0 Å². The van der Waals surface area contributed by atoms with Crippen molar-refractivity contribution in [3.63, 3.8) is 0 Å². The van der Waals surface area contributed by atoms with Crippen LogP contribution in [0.1, 0.15) is 30.8 Å². The quantitative estimate of drug-likeness (QED) is 0.656. The normalized spacial score (nSPS) is 17.0. The smallest absolute Gasteiger partial charge is 0.352 e. The van der Waals surface area contributed by atoms with Gasteiger partial charge in [-0.2, -0.15) is 22.7 Å². The van der Waals surface area contributed by atoms with Crippen LogP contribution in [0.4, 0.5) is 29.5 Å². The van der Waals surface area contributed by atoms with E-state index in [-0.39, 0.29) is 17.9 Å². The lowest BCUT2D eigenvalue weighted by Crippen LogP contribution is -2.48. The number of aryl methyl sites for hydroxylation is 1. The molecular weight excluding hydrogens is 411 g/mol. The number of hydrogen-bond donors (Lipinski definition) is 2. The maximum atomic E-state index is 13.1. The highest BCUT2D eigenvalue weighted by atomic mass is 19.4. The zero-order chi connectivity index (χ0) is 22.0. The van der Waals surface area contributed by atoms with Gasteiger partial charge in [-0.3, -0.25) is 0 Å². The number of aromatic nitrogens is 4. The average Bonchev–Trinajstić information content (AvgIpc) is 3.17. The van der Waals surface area contributed by atoms with Gasteiger partial charge in [-0.1, -0.05) is 18.2 Å². The van der Waals surface area contributed by atoms with Crippen LogP contribution in [0.5, 0.6) is 0 Å². The van der Waals surface area contributed by atoms with Gasteiger partial charge in [0.05, 0.1) is 0 Å². The van der Waals surface area contributed by atoms with E-state index in [2.05, 4.69) is 25.7 Å². The van der Waals surface area contributed by atoms with Crippen molar-refractivity contribution in [3.8, 4) is 0 Å². The number of benzene rings is 1. The van der Waals surface area contributed by atoms with E-state index in [1.54, 1.807) is 25.1 Å². The van der Waals surface area contributed by atoms with Crippen LogP contribution in [0.3, 0.4) is 0 Å². The number of rotatable bonds is 4. The molecule has 1 unspecified atom stereocenters. The maximum Gasteiger partial charge on any atom is 0.453 e. The van der Waals surface area contributed by atoms with Gasteiger partial charge in [0.2, 0.25) is 0 Å². The number of para-hydroxylation sites is 1. The molecule has 2 amide bonds. The van der Waals surface area contributed by atoms with E-state index in [0.29, 0.717) is 30.3 Å². The second-order valence-electron chi connectivity index (χ2n) is 7.44. The standard InChI is InChI=1S/C20H22F3N7O/c1-13-11-16(30-18(25-13)27-17(28-30)20(21,22)23)29-10-6-5-9-15(29)12-24-19(31)26-14-7-3-2-4-8-14/h2-4,7-8,11,15H,5-6,9-10,12H2,1H3,(H2,24,26,31). The molecule has 1 aliphatic rings. The van der Waals surface area contributed by atoms with E-state index in [0.717, 1.165) is 23.8 Å². The maximum absolute atomic E-state index is 13.1. The van der Waals surface area contributed by atoms with Gasteiger partial charge in [-0.25, -0.2) is 9.78 Å². The Bertz CT molecular complexity index is 1070. The lowest BCUT2D eigenvalue weighted by Gasteiger charge is -2.37. The third kappa shape index (κ3) is 4.70. The van der Waals surface area contributed by atoms with Crippen LogP contribution in [0.2, 0.25) is 0 Å². The number of nitrogens with one attached hydrogen (secondary N) is 2. The van der Waals surface area contributed by atoms with Crippen LogP contribution in [0.25, 0.3) is 5.78 Å². The van der Waals surface area contributed by atoms with Crippen molar-refractivity contribution in [3.05, 3.63) is 47.9 Å². The average molecular weight is 433 g/mol. The number of piperidine rings is 1.